The summed E-state index contributed by atoms with van der Waals surface area (Å²) in [5.74, 6) is 3.57. The zero-order valence-corrected chi connectivity index (χ0v) is 15.0. The van der Waals surface area contributed by atoms with Gasteiger partial charge in [0.05, 0.1) is 0 Å². The molecule has 0 aliphatic heterocycles. The van der Waals surface area contributed by atoms with Crippen LogP contribution in [0.4, 0.5) is 11.6 Å². The van der Waals surface area contributed by atoms with E-state index in [4.69, 9.17) is 4.98 Å². The van der Waals surface area contributed by atoms with Crippen LogP contribution >= 0.6 is 0 Å². The Morgan fingerprint density at radius 3 is 2.24 bits per heavy atom. The van der Waals surface area contributed by atoms with Crippen LogP contribution in [-0.4, -0.2) is 30.1 Å². The maximum atomic E-state index is 4.89. The van der Waals surface area contributed by atoms with Crippen LogP contribution in [0, 0.1) is 12.8 Å². The van der Waals surface area contributed by atoms with Gasteiger partial charge >= 0.3 is 0 Å². The maximum absolute atomic E-state index is 4.89. The first-order valence-corrected chi connectivity index (χ1v) is 8.06. The first-order valence-electron chi connectivity index (χ1n) is 8.06. The standard InChI is InChI=1S/C17H32N4/c1-9-12(3)11-21(10-2)15-13(4)14(18-8)19-16(20-15)17(5,6)7/h12H,9-11H2,1-8H3,(H,18,19,20). The lowest BCUT2D eigenvalue weighted by atomic mass is 9.95. The molecule has 0 aromatic carbocycles. The van der Waals surface area contributed by atoms with Gasteiger partial charge in [-0.1, -0.05) is 41.0 Å². The first-order chi connectivity index (χ1) is 9.74. The van der Waals surface area contributed by atoms with E-state index in [1.807, 2.05) is 7.05 Å². The van der Waals surface area contributed by atoms with Crippen molar-refractivity contribution in [2.24, 2.45) is 5.92 Å². The molecule has 1 unspecified atom stereocenters. The fourth-order valence-electron chi connectivity index (χ4n) is 2.26. The molecule has 0 aliphatic rings. The maximum Gasteiger partial charge on any atom is 0.138 e. The summed E-state index contributed by atoms with van der Waals surface area (Å²) in [6.07, 6.45) is 1.19. The van der Waals surface area contributed by atoms with Gasteiger partial charge in [0.2, 0.25) is 0 Å². The molecule has 0 fully saturated rings. The lowest BCUT2D eigenvalue weighted by molar-refractivity contribution is 0.529. The van der Waals surface area contributed by atoms with Crippen molar-refractivity contribution in [2.75, 3.05) is 30.4 Å². The van der Waals surface area contributed by atoms with Gasteiger partial charge in [0.15, 0.2) is 0 Å². The minimum atomic E-state index is -0.0518. The van der Waals surface area contributed by atoms with E-state index in [1.165, 1.54) is 6.42 Å². The summed E-state index contributed by atoms with van der Waals surface area (Å²) in [5.41, 5.74) is 1.08. The third-order valence-electron chi connectivity index (χ3n) is 3.94. The molecule has 1 N–H and O–H groups in total. The second kappa shape index (κ2) is 7.10. The fourth-order valence-corrected chi connectivity index (χ4v) is 2.26. The van der Waals surface area contributed by atoms with Crippen LogP contribution in [0.15, 0.2) is 0 Å². The van der Waals surface area contributed by atoms with Gasteiger partial charge < -0.3 is 10.2 Å². The molecule has 0 radical (unpaired) electrons. The van der Waals surface area contributed by atoms with Crippen LogP contribution in [0.2, 0.25) is 0 Å². The third-order valence-corrected chi connectivity index (χ3v) is 3.94. The van der Waals surface area contributed by atoms with E-state index in [2.05, 4.69) is 63.7 Å². The largest absolute Gasteiger partial charge is 0.373 e. The number of hydrogen-bond acceptors (Lipinski definition) is 4. The Balaban J connectivity index is 3.31. The Kier molecular flexibility index (Phi) is 5.99. The van der Waals surface area contributed by atoms with Crippen molar-refractivity contribution in [3.05, 3.63) is 11.4 Å². The molecule has 120 valence electrons. The Bertz CT molecular complexity index is 463. The minimum Gasteiger partial charge on any atom is -0.373 e. The molecular weight excluding hydrogens is 260 g/mol. The van der Waals surface area contributed by atoms with E-state index in [9.17, 15) is 0 Å². The van der Waals surface area contributed by atoms with Crippen LogP contribution in [0.5, 0.6) is 0 Å². The number of nitrogens with one attached hydrogen (secondary N) is 1. The smallest absolute Gasteiger partial charge is 0.138 e. The van der Waals surface area contributed by atoms with Gasteiger partial charge in [-0.05, 0) is 19.8 Å². The first kappa shape index (κ1) is 17.7. The Morgan fingerprint density at radius 2 is 1.81 bits per heavy atom. The summed E-state index contributed by atoms with van der Waals surface area (Å²) in [6, 6.07) is 0. The number of hydrogen-bond donors (Lipinski definition) is 1. The van der Waals surface area contributed by atoms with Crippen molar-refractivity contribution in [2.45, 2.75) is 60.3 Å². The van der Waals surface area contributed by atoms with Crippen LogP contribution in [0.1, 0.15) is 59.4 Å². The number of rotatable bonds is 6. The number of anilines is 2. The molecule has 1 aromatic heterocycles. The molecule has 1 heterocycles. The van der Waals surface area contributed by atoms with Gasteiger partial charge in [-0.2, -0.15) is 0 Å². The van der Waals surface area contributed by atoms with Gasteiger partial charge in [-0.3, -0.25) is 0 Å². The van der Waals surface area contributed by atoms with E-state index >= 15 is 0 Å². The van der Waals surface area contributed by atoms with E-state index in [-0.39, 0.29) is 5.41 Å². The molecular formula is C17H32N4. The van der Waals surface area contributed by atoms with Crippen LogP contribution in [-0.2, 0) is 5.41 Å². The van der Waals surface area contributed by atoms with E-state index in [0.717, 1.165) is 36.1 Å². The lowest BCUT2D eigenvalue weighted by Gasteiger charge is -2.29. The highest BCUT2D eigenvalue weighted by Crippen LogP contribution is 2.28. The zero-order valence-electron chi connectivity index (χ0n) is 15.0. The van der Waals surface area contributed by atoms with Gasteiger partial charge in [-0.15, -0.1) is 0 Å². The number of aromatic nitrogens is 2. The molecule has 0 bridgehead atoms. The molecule has 1 atom stereocenters. The lowest BCUT2D eigenvalue weighted by Crippen LogP contribution is -2.31. The van der Waals surface area contributed by atoms with E-state index < -0.39 is 0 Å². The molecule has 0 saturated heterocycles. The Hall–Kier alpha value is -1.32. The predicted octanol–water partition coefficient (Wildman–Crippen LogP) is 4.00. The molecule has 0 saturated carbocycles. The van der Waals surface area contributed by atoms with Crippen LogP contribution < -0.4 is 10.2 Å². The molecule has 21 heavy (non-hydrogen) atoms. The third kappa shape index (κ3) is 4.32. The molecule has 4 heteroatoms. The van der Waals surface area contributed by atoms with Gasteiger partial charge in [-0.25, -0.2) is 9.97 Å². The van der Waals surface area contributed by atoms with Crippen LogP contribution in [0.3, 0.4) is 0 Å². The monoisotopic (exact) mass is 292 g/mol. The predicted molar refractivity (Wildman–Crippen MR) is 92.4 cm³/mol. The second-order valence-electron chi connectivity index (χ2n) is 6.90. The Morgan fingerprint density at radius 1 is 1.19 bits per heavy atom. The Labute approximate surface area is 130 Å². The van der Waals surface area contributed by atoms with Crippen molar-refractivity contribution >= 4 is 11.6 Å². The summed E-state index contributed by atoms with van der Waals surface area (Å²) >= 11 is 0. The van der Waals surface area contributed by atoms with Crippen molar-refractivity contribution in [1.29, 1.82) is 0 Å². The topological polar surface area (TPSA) is 41.1 Å². The highest BCUT2D eigenvalue weighted by molar-refractivity contribution is 5.58. The summed E-state index contributed by atoms with van der Waals surface area (Å²) in [6.45, 7) is 17.3. The summed E-state index contributed by atoms with van der Waals surface area (Å²) < 4.78 is 0. The van der Waals surface area contributed by atoms with Gasteiger partial charge in [0.1, 0.15) is 17.5 Å². The van der Waals surface area contributed by atoms with Crippen molar-refractivity contribution in [1.82, 2.24) is 9.97 Å². The molecule has 0 aliphatic carbocycles. The highest BCUT2D eigenvalue weighted by atomic mass is 15.2. The van der Waals surface area contributed by atoms with Crippen molar-refractivity contribution in [3.8, 4) is 0 Å². The number of nitrogens with zero attached hydrogens (tertiary/aromatic N) is 3. The summed E-state index contributed by atoms with van der Waals surface area (Å²) in [5, 5.41) is 3.22. The van der Waals surface area contributed by atoms with E-state index in [1.54, 1.807) is 0 Å². The molecule has 4 nitrogen and oxygen atoms in total. The normalized spacial score (nSPS) is 13.1. The average Bonchev–Trinajstić information content (AvgIpc) is 2.43. The minimum absolute atomic E-state index is 0.0518. The molecule has 0 amide bonds. The molecule has 0 spiro atoms. The second-order valence-corrected chi connectivity index (χ2v) is 6.90. The molecule has 1 rings (SSSR count). The van der Waals surface area contributed by atoms with Gasteiger partial charge in [0, 0.05) is 31.1 Å². The fraction of sp³-hybridized carbons (Fsp3) is 0.765. The van der Waals surface area contributed by atoms with Crippen molar-refractivity contribution in [3.63, 3.8) is 0 Å². The van der Waals surface area contributed by atoms with Gasteiger partial charge in [0.25, 0.3) is 0 Å². The highest BCUT2D eigenvalue weighted by Gasteiger charge is 2.23. The quantitative estimate of drug-likeness (QED) is 0.860. The zero-order chi connectivity index (χ0) is 16.2. The summed E-state index contributed by atoms with van der Waals surface area (Å²) in [4.78, 5) is 12.0. The van der Waals surface area contributed by atoms with Crippen molar-refractivity contribution < 1.29 is 0 Å². The molecule has 1 aromatic rings. The SMILES string of the molecule is CCC(C)CN(CC)c1nc(C(C)(C)C)nc(NC)c1C. The summed E-state index contributed by atoms with van der Waals surface area (Å²) in [7, 11) is 1.93. The average molecular weight is 292 g/mol. The van der Waals surface area contributed by atoms with E-state index in [0.29, 0.717) is 5.92 Å². The van der Waals surface area contributed by atoms with Crippen LogP contribution in [0.25, 0.3) is 0 Å².